The molecule has 3 aromatic rings. The van der Waals surface area contributed by atoms with Crippen molar-refractivity contribution >= 4 is 57.5 Å². The zero-order chi connectivity index (χ0) is 24.0. The molecule has 168 valence electrons. The monoisotopic (exact) mass is 490 g/mol. The zero-order valence-electron chi connectivity index (χ0n) is 17.3. The Kier molecular flexibility index (Phi) is 5.27. The first kappa shape index (κ1) is 21.9. The molecule has 9 heteroatoms. The van der Waals surface area contributed by atoms with Gasteiger partial charge in [0.25, 0.3) is 11.7 Å². The van der Waals surface area contributed by atoms with E-state index in [0.29, 0.717) is 5.56 Å². The topological polar surface area (TPSA) is 107 Å². The van der Waals surface area contributed by atoms with Gasteiger partial charge in [-0.1, -0.05) is 84.0 Å². The van der Waals surface area contributed by atoms with Crippen LogP contribution < -0.4 is 4.90 Å². The van der Waals surface area contributed by atoms with E-state index in [0.717, 1.165) is 16.7 Å². The zero-order valence-corrected chi connectivity index (χ0v) is 18.9. The quantitative estimate of drug-likeness (QED) is 0.321. The number of halogens is 1. The summed E-state index contributed by atoms with van der Waals surface area (Å²) < 4.78 is 0. The Labute approximate surface area is 203 Å². The van der Waals surface area contributed by atoms with Crippen LogP contribution in [0, 0.1) is 0 Å². The molecule has 1 fully saturated rings. The number of aliphatic hydroxyl groups excluding tert-OH is 1. The molecule has 34 heavy (non-hydrogen) atoms. The Morgan fingerprint density at radius 2 is 1.59 bits per heavy atom. The number of Topliss-reactive ketones (excluding diaryl/α,β-unsaturated/α-hetero) is 1. The number of hydrogen-bond acceptors (Lipinski definition) is 6. The highest BCUT2D eigenvalue weighted by Gasteiger charge is 2.66. The third kappa shape index (κ3) is 3.22. The number of phenolic OH excluding ortho intramolecular Hbond substituents is 1. The lowest BCUT2D eigenvalue weighted by Gasteiger charge is -2.32. The van der Waals surface area contributed by atoms with Gasteiger partial charge in [-0.05, 0) is 18.2 Å². The first-order chi connectivity index (χ1) is 16.3. The molecule has 0 radical (unpaired) electrons. The Balaban J connectivity index is 1.79. The van der Waals surface area contributed by atoms with Crippen LogP contribution in [0.2, 0.25) is 5.02 Å². The lowest BCUT2D eigenvalue weighted by Crippen LogP contribution is -2.48. The third-order valence-electron chi connectivity index (χ3n) is 5.50. The third-order valence-corrected chi connectivity index (χ3v) is 7.11. The summed E-state index contributed by atoms with van der Waals surface area (Å²) in [5, 5.41) is 22.2. The molecule has 2 aliphatic rings. The van der Waals surface area contributed by atoms with Gasteiger partial charge in [-0.3, -0.25) is 19.3 Å². The van der Waals surface area contributed by atoms with Crippen molar-refractivity contribution in [3.63, 3.8) is 0 Å². The van der Waals surface area contributed by atoms with Crippen molar-refractivity contribution < 1.29 is 24.6 Å². The van der Waals surface area contributed by atoms with Crippen molar-refractivity contribution in [1.29, 1.82) is 0 Å². The van der Waals surface area contributed by atoms with Gasteiger partial charge in [0, 0.05) is 16.1 Å². The number of rotatable bonds is 3. The lowest BCUT2D eigenvalue weighted by atomic mass is 9.99. The van der Waals surface area contributed by atoms with E-state index >= 15 is 0 Å². The maximum absolute atomic E-state index is 13.6. The van der Waals surface area contributed by atoms with Gasteiger partial charge in [0.1, 0.15) is 16.6 Å². The maximum atomic E-state index is 13.6. The number of aromatic hydroxyl groups is 1. The maximum Gasteiger partial charge on any atom is 0.301 e. The van der Waals surface area contributed by atoms with E-state index < -0.39 is 33.8 Å². The van der Waals surface area contributed by atoms with E-state index in [1.54, 1.807) is 60.7 Å². The number of aliphatic imine (C=N–C) groups is 1. The number of hydrogen-bond donors (Lipinski definition) is 2. The predicted octanol–water partition coefficient (Wildman–Crippen LogP) is 4.35. The molecule has 0 bridgehead atoms. The molecule has 1 saturated heterocycles. The Morgan fingerprint density at radius 3 is 2.26 bits per heavy atom. The number of ketones is 1. The SMILES string of the molecule is O=C1C(=O)N(c2cc(Cl)ccc2O)C2(SC(c3ccccc3)=NC2=O)C1=C(O)c1ccccc1. The molecule has 0 aliphatic carbocycles. The van der Waals surface area contributed by atoms with Crippen molar-refractivity contribution in [2.24, 2.45) is 4.99 Å². The van der Waals surface area contributed by atoms with E-state index in [1.165, 1.54) is 18.2 Å². The summed E-state index contributed by atoms with van der Waals surface area (Å²) >= 11 is 6.97. The number of nitrogens with zero attached hydrogens (tertiary/aromatic N) is 2. The van der Waals surface area contributed by atoms with Gasteiger partial charge >= 0.3 is 5.91 Å². The fourth-order valence-electron chi connectivity index (χ4n) is 3.96. The number of aliphatic hydroxyl groups is 1. The van der Waals surface area contributed by atoms with E-state index in [2.05, 4.69) is 4.99 Å². The second kappa shape index (κ2) is 8.16. The highest BCUT2D eigenvalue weighted by atomic mass is 35.5. The van der Waals surface area contributed by atoms with Crippen LogP contribution in [0.1, 0.15) is 11.1 Å². The Hall–Kier alpha value is -3.88. The molecule has 3 aromatic carbocycles. The molecule has 0 aromatic heterocycles. The van der Waals surface area contributed by atoms with Crippen LogP contribution in [-0.4, -0.2) is 37.7 Å². The molecule has 7 nitrogen and oxygen atoms in total. The van der Waals surface area contributed by atoms with Crippen LogP contribution in [0.15, 0.2) is 89.4 Å². The molecule has 2 amide bonds. The minimum atomic E-state index is -2.07. The molecule has 2 aliphatic heterocycles. The fourth-order valence-corrected chi connectivity index (χ4v) is 5.48. The second-order valence-corrected chi connectivity index (χ2v) is 9.14. The lowest BCUT2D eigenvalue weighted by molar-refractivity contribution is -0.132. The van der Waals surface area contributed by atoms with Gasteiger partial charge < -0.3 is 10.2 Å². The number of phenols is 1. The summed E-state index contributed by atoms with van der Waals surface area (Å²) in [5.41, 5.74) is 0.273. The average Bonchev–Trinajstić information content (AvgIpc) is 3.30. The summed E-state index contributed by atoms with van der Waals surface area (Å²) in [6.07, 6.45) is 0. The summed E-state index contributed by atoms with van der Waals surface area (Å²) in [7, 11) is 0. The van der Waals surface area contributed by atoms with Gasteiger partial charge in [0.2, 0.25) is 4.87 Å². The highest BCUT2D eigenvalue weighted by molar-refractivity contribution is 8.17. The van der Waals surface area contributed by atoms with Crippen LogP contribution in [0.25, 0.3) is 5.76 Å². The number of carbonyl (C=O) groups excluding carboxylic acids is 3. The molecule has 2 heterocycles. The van der Waals surface area contributed by atoms with Gasteiger partial charge in [-0.2, -0.15) is 0 Å². The van der Waals surface area contributed by atoms with Crippen molar-refractivity contribution in [3.05, 3.63) is 101 Å². The Morgan fingerprint density at radius 1 is 0.941 bits per heavy atom. The number of anilines is 1. The summed E-state index contributed by atoms with van der Waals surface area (Å²) in [6.45, 7) is 0. The minimum Gasteiger partial charge on any atom is -0.507 e. The molecule has 1 unspecified atom stereocenters. The molecule has 2 N–H and O–H groups in total. The summed E-state index contributed by atoms with van der Waals surface area (Å²) in [5.74, 6) is -3.90. The molecular formula is C25H15ClN2O5S. The second-order valence-electron chi connectivity index (χ2n) is 7.53. The van der Waals surface area contributed by atoms with Gasteiger partial charge in [-0.15, -0.1) is 0 Å². The van der Waals surface area contributed by atoms with Crippen molar-refractivity contribution in [2.45, 2.75) is 4.87 Å². The number of thioether (sulfide) groups is 1. The van der Waals surface area contributed by atoms with Crippen LogP contribution in [0.3, 0.4) is 0 Å². The normalized spacial score (nSPS) is 21.4. The van der Waals surface area contributed by atoms with E-state index in [1.807, 2.05) is 0 Å². The molecular weight excluding hydrogens is 476 g/mol. The van der Waals surface area contributed by atoms with Gasteiger partial charge in [0.05, 0.1) is 11.3 Å². The smallest absolute Gasteiger partial charge is 0.301 e. The van der Waals surface area contributed by atoms with Crippen LogP contribution in [0.5, 0.6) is 5.75 Å². The van der Waals surface area contributed by atoms with Crippen LogP contribution >= 0.6 is 23.4 Å². The number of amides is 2. The summed E-state index contributed by atoms with van der Waals surface area (Å²) in [4.78, 5) is 43.2. The largest absolute Gasteiger partial charge is 0.507 e. The molecule has 0 saturated carbocycles. The fraction of sp³-hybridized carbons (Fsp3) is 0.0400. The predicted molar refractivity (Wildman–Crippen MR) is 130 cm³/mol. The van der Waals surface area contributed by atoms with E-state index in [4.69, 9.17) is 11.6 Å². The van der Waals surface area contributed by atoms with E-state index in [9.17, 15) is 24.6 Å². The molecule has 1 atom stereocenters. The van der Waals surface area contributed by atoms with Gasteiger partial charge in [-0.25, -0.2) is 4.99 Å². The van der Waals surface area contributed by atoms with Crippen LogP contribution in [0.4, 0.5) is 5.69 Å². The number of carbonyl (C=O) groups is 3. The average molecular weight is 491 g/mol. The molecule has 1 spiro atoms. The van der Waals surface area contributed by atoms with Crippen LogP contribution in [-0.2, 0) is 14.4 Å². The first-order valence-electron chi connectivity index (χ1n) is 10.1. The Bertz CT molecular complexity index is 1420. The standard InChI is InChI=1S/C25H15ClN2O5S/c26-16-11-12-18(29)17(13-16)28-23(32)21(31)19(20(30)14-7-3-1-4-8-14)25(28)24(33)27-22(34-25)15-9-5-2-6-10-15/h1-13,29-30H. The van der Waals surface area contributed by atoms with Crippen molar-refractivity contribution in [3.8, 4) is 5.75 Å². The minimum absolute atomic E-state index is 0.146. The summed E-state index contributed by atoms with van der Waals surface area (Å²) in [6, 6.07) is 20.9. The highest BCUT2D eigenvalue weighted by Crippen LogP contribution is 2.53. The van der Waals surface area contributed by atoms with Crippen molar-refractivity contribution in [2.75, 3.05) is 4.90 Å². The molecule has 5 rings (SSSR count). The van der Waals surface area contributed by atoms with E-state index in [-0.39, 0.29) is 27.1 Å². The first-order valence-corrected chi connectivity index (χ1v) is 11.3. The van der Waals surface area contributed by atoms with Crippen molar-refractivity contribution in [1.82, 2.24) is 0 Å². The van der Waals surface area contributed by atoms with Gasteiger partial charge in [0.15, 0.2) is 0 Å². The number of benzene rings is 3.